The highest BCUT2D eigenvalue weighted by molar-refractivity contribution is 6.31. The highest BCUT2D eigenvalue weighted by Crippen LogP contribution is 2.48. The number of Topliss-reactive ketones (excluding diaryl/α,β-unsaturated/α-hetero) is 1. The zero-order chi connectivity index (χ0) is 21.3. The quantitative estimate of drug-likeness (QED) is 0.603. The third kappa shape index (κ3) is 4.01. The van der Waals surface area contributed by atoms with Gasteiger partial charge in [-0.2, -0.15) is 0 Å². The van der Waals surface area contributed by atoms with Crippen LogP contribution in [0.25, 0.3) is 0 Å². The minimum atomic E-state index is -1.00. The van der Waals surface area contributed by atoms with Crippen molar-refractivity contribution in [3.05, 3.63) is 82.1 Å². The summed E-state index contributed by atoms with van der Waals surface area (Å²) in [6.07, 6.45) is 2.03. The molecule has 1 fully saturated rings. The van der Waals surface area contributed by atoms with Gasteiger partial charge in [0, 0.05) is 16.9 Å². The predicted octanol–water partition coefficient (Wildman–Crippen LogP) is 5.41. The van der Waals surface area contributed by atoms with E-state index in [4.69, 9.17) is 16.3 Å². The number of hydrogen-bond acceptors (Lipinski definition) is 4. The number of carbonyl (C=O) groups is 2. The zero-order valence-electron chi connectivity index (χ0n) is 16.9. The van der Waals surface area contributed by atoms with Crippen LogP contribution in [0.4, 0.5) is 0 Å². The van der Waals surface area contributed by atoms with Gasteiger partial charge in [-0.25, -0.2) is 4.79 Å². The first-order valence-corrected chi connectivity index (χ1v) is 10.9. The van der Waals surface area contributed by atoms with Crippen molar-refractivity contribution in [3.8, 4) is 0 Å². The lowest BCUT2D eigenvalue weighted by molar-refractivity contribution is -0.158. The maximum atomic E-state index is 13.1. The number of benzene rings is 2. The van der Waals surface area contributed by atoms with E-state index in [0.717, 1.165) is 24.0 Å². The minimum Gasteiger partial charge on any atom is -0.504 e. The molecule has 1 heterocycles. The van der Waals surface area contributed by atoms with Crippen molar-refractivity contribution in [1.29, 1.82) is 0 Å². The number of aliphatic hydroxyl groups excluding tert-OH is 1. The van der Waals surface area contributed by atoms with E-state index >= 15 is 0 Å². The van der Waals surface area contributed by atoms with Crippen molar-refractivity contribution in [2.45, 2.75) is 44.6 Å². The van der Waals surface area contributed by atoms with Crippen molar-refractivity contribution in [1.82, 2.24) is 0 Å². The molecule has 2 aromatic carbocycles. The van der Waals surface area contributed by atoms with Gasteiger partial charge in [-0.3, -0.25) is 4.79 Å². The Bertz CT molecular complexity index is 978. The van der Waals surface area contributed by atoms with Crippen LogP contribution in [0.1, 0.15) is 43.2 Å². The number of rotatable bonds is 7. The molecule has 0 saturated heterocycles. The standard InChI is InChI=1S/C25H25ClO4/c1-2-15(14-18-10-6-7-11-19(18)26)24-23(28)22(27)21(25(29)30-24)20(17-12-13-17)16-8-4-3-5-9-16/h3-11,15,17,20,24,27H,2,12-14H2,1H3. The molecule has 30 heavy (non-hydrogen) atoms. The Morgan fingerprint density at radius 3 is 2.37 bits per heavy atom. The van der Waals surface area contributed by atoms with E-state index < -0.39 is 23.6 Å². The summed E-state index contributed by atoms with van der Waals surface area (Å²) >= 11 is 6.28. The lowest BCUT2D eigenvalue weighted by atomic mass is 9.81. The van der Waals surface area contributed by atoms with Gasteiger partial charge in [0.2, 0.25) is 5.78 Å². The molecule has 4 rings (SSSR count). The normalized spacial score (nSPS) is 21.3. The fourth-order valence-corrected chi connectivity index (χ4v) is 4.57. The Kier molecular flexibility index (Phi) is 5.96. The van der Waals surface area contributed by atoms with Crippen LogP contribution < -0.4 is 0 Å². The summed E-state index contributed by atoms with van der Waals surface area (Å²) in [6.45, 7) is 1.94. The Balaban J connectivity index is 1.64. The van der Waals surface area contributed by atoms with Crippen LogP contribution in [0, 0.1) is 11.8 Å². The SMILES string of the molecule is CCC(Cc1ccccc1Cl)C1OC(=O)C(C(c2ccccc2)C2CC2)=C(O)C1=O. The van der Waals surface area contributed by atoms with E-state index in [9.17, 15) is 14.7 Å². The first-order chi connectivity index (χ1) is 14.5. The lowest BCUT2D eigenvalue weighted by Crippen LogP contribution is -2.42. The second-order valence-corrected chi connectivity index (χ2v) is 8.55. The van der Waals surface area contributed by atoms with E-state index in [-0.39, 0.29) is 23.3 Å². The van der Waals surface area contributed by atoms with Crippen molar-refractivity contribution in [2.24, 2.45) is 11.8 Å². The summed E-state index contributed by atoms with van der Waals surface area (Å²) in [5, 5.41) is 11.5. The summed E-state index contributed by atoms with van der Waals surface area (Å²) in [5.41, 5.74) is 1.93. The fourth-order valence-electron chi connectivity index (χ4n) is 4.36. The van der Waals surface area contributed by atoms with Gasteiger partial charge in [0.05, 0.1) is 5.57 Å². The minimum absolute atomic E-state index is 0.109. The van der Waals surface area contributed by atoms with E-state index in [0.29, 0.717) is 17.9 Å². The topological polar surface area (TPSA) is 63.6 Å². The van der Waals surface area contributed by atoms with Crippen molar-refractivity contribution in [3.63, 3.8) is 0 Å². The molecule has 0 radical (unpaired) electrons. The number of ether oxygens (including phenoxy) is 1. The smallest absolute Gasteiger partial charge is 0.339 e. The summed E-state index contributed by atoms with van der Waals surface area (Å²) < 4.78 is 5.68. The van der Waals surface area contributed by atoms with E-state index in [1.54, 1.807) is 6.07 Å². The average molecular weight is 425 g/mol. The number of ketones is 1. The number of esters is 1. The maximum Gasteiger partial charge on any atom is 0.339 e. The Hall–Kier alpha value is -2.59. The molecule has 0 aromatic heterocycles. The molecule has 1 aliphatic heterocycles. The highest BCUT2D eigenvalue weighted by atomic mass is 35.5. The van der Waals surface area contributed by atoms with Gasteiger partial charge in [-0.1, -0.05) is 67.1 Å². The van der Waals surface area contributed by atoms with Gasteiger partial charge in [0.15, 0.2) is 11.9 Å². The van der Waals surface area contributed by atoms with Crippen LogP contribution >= 0.6 is 11.6 Å². The molecule has 2 aromatic rings. The number of carbonyl (C=O) groups excluding carboxylic acids is 2. The van der Waals surface area contributed by atoms with Gasteiger partial charge >= 0.3 is 5.97 Å². The third-order valence-electron chi connectivity index (χ3n) is 6.16. The monoisotopic (exact) mass is 424 g/mol. The van der Waals surface area contributed by atoms with Crippen LogP contribution in [-0.4, -0.2) is 23.0 Å². The van der Waals surface area contributed by atoms with E-state index in [2.05, 4.69) is 0 Å². The molecular weight excluding hydrogens is 400 g/mol. The molecule has 4 nitrogen and oxygen atoms in total. The molecule has 0 amide bonds. The Morgan fingerprint density at radius 1 is 1.07 bits per heavy atom. The molecule has 0 bridgehead atoms. The van der Waals surface area contributed by atoms with E-state index in [1.807, 2.05) is 55.5 Å². The molecule has 2 aliphatic rings. The molecule has 156 valence electrons. The summed E-state index contributed by atoms with van der Waals surface area (Å²) in [5.74, 6) is -1.87. The number of cyclic esters (lactones) is 1. The fraction of sp³-hybridized carbons (Fsp3) is 0.360. The molecule has 1 N–H and O–H groups in total. The number of aliphatic hydroxyl groups is 1. The van der Waals surface area contributed by atoms with Gasteiger partial charge in [-0.15, -0.1) is 0 Å². The van der Waals surface area contributed by atoms with Gasteiger partial charge in [-0.05, 0) is 48.8 Å². The van der Waals surface area contributed by atoms with Crippen molar-refractivity contribution >= 4 is 23.4 Å². The average Bonchev–Trinajstić information content (AvgIpc) is 3.59. The molecule has 3 atom stereocenters. The molecular formula is C25H25ClO4. The van der Waals surface area contributed by atoms with Crippen molar-refractivity contribution < 1.29 is 19.4 Å². The molecule has 1 aliphatic carbocycles. The number of hydrogen-bond donors (Lipinski definition) is 1. The predicted molar refractivity (Wildman–Crippen MR) is 115 cm³/mol. The first kappa shape index (κ1) is 20.7. The molecule has 5 heteroatoms. The lowest BCUT2D eigenvalue weighted by Gasteiger charge is -2.31. The second-order valence-electron chi connectivity index (χ2n) is 8.14. The third-order valence-corrected chi connectivity index (χ3v) is 6.53. The Morgan fingerprint density at radius 2 is 1.73 bits per heavy atom. The number of halogens is 1. The molecule has 0 spiro atoms. The van der Waals surface area contributed by atoms with Gasteiger partial charge in [0.25, 0.3) is 0 Å². The highest BCUT2D eigenvalue weighted by Gasteiger charge is 2.47. The van der Waals surface area contributed by atoms with Gasteiger partial charge in [0.1, 0.15) is 0 Å². The molecule has 1 saturated carbocycles. The largest absolute Gasteiger partial charge is 0.504 e. The first-order valence-electron chi connectivity index (χ1n) is 10.5. The molecule has 3 unspecified atom stereocenters. The second kappa shape index (κ2) is 8.65. The Labute approximate surface area is 181 Å². The van der Waals surface area contributed by atoms with Crippen LogP contribution in [0.3, 0.4) is 0 Å². The van der Waals surface area contributed by atoms with E-state index in [1.165, 1.54) is 0 Å². The van der Waals surface area contributed by atoms with Gasteiger partial charge < -0.3 is 9.84 Å². The van der Waals surface area contributed by atoms with Crippen LogP contribution in [0.2, 0.25) is 5.02 Å². The van der Waals surface area contributed by atoms with Crippen molar-refractivity contribution in [2.75, 3.05) is 0 Å². The zero-order valence-corrected chi connectivity index (χ0v) is 17.6. The van der Waals surface area contributed by atoms with Crippen LogP contribution in [0.15, 0.2) is 65.9 Å². The summed E-state index contributed by atoms with van der Waals surface area (Å²) in [4.78, 5) is 26.1. The van der Waals surface area contributed by atoms with Crippen LogP contribution in [-0.2, 0) is 20.7 Å². The maximum absolute atomic E-state index is 13.1. The summed E-state index contributed by atoms with van der Waals surface area (Å²) in [7, 11) is 0. The summed E-state index contributed by atoms with van der Waals surface area (Å²) in [6, 6.07) is 17.0. The van der Waals surface area contributed by atoms with Crippen LogP contribution in [0.5, 0.6) is 0 Å².